The third-order valence-electron chi connectivity index (χ3n) is 0.919. The predicted octanol–water partition coefficient (Wildman–Crippen LogP) is -0.124. The summed E-state index contributed by atoms with van der Waals surface area (Å²) in [6.07, 6.45) is 1.48. The number of rotatable bonds is 1. The molecule has 1 rings (SSSR count). The van der Waals surface area contributed by atoms with Gasteiger partial charge in [0.1, 0.15) is 17.4 Å². The number of amidine groups is 1. The molecule has 4 N–H and O–H groups in total. The Morgan fingerprint density at radius 1 is 1.89 bits per heavy atom. The summed E-state index contributed by atoms with van der Waals surface area (Å²) in [4.78, 5) is 6.45. The zero-order chi connectivity index (χ0) is 6.85. The number of hydrogen-bond donors (Lipinski definition) is 3. The van der Waals surface area contributed by atoms with E-state index in [0.717, 1.165) is 0 Å². The SMILES string of the molecule is [CH2]c1ncc(C(=N)N)[nH]1. The Labute approximate surface area is 52.6 Å². The largest absolute Gasteiger partial charge is 0.382 e. The van der Waals surface area contributed by atoms with E-state index in [4.69, 9.17) is 11.1 Å². The molecule has 0 aliphatic carbocycles. The Morgan fingerprint density at radius 2 is 2.56 bits per heavy atom. The van der Waals surface area contributed by atoms with E-state index in [2.05, 4.69) is 16.9 Å². The molecule has 0 unspecified atom stereocenters. The van der Waals surface area contributed by atoms with Crippen molar-refractivity contribution in [2.24, 2.45) is 5.73 Å². The monoisotopic (exact) mass is 123 g/mol. The highest BCUT2D eigenvalue weighted by Gasteiger charge is 1.96. The zero-order valence-electron chi connectivity index (χ0n) is 4.81. The van der Waals surface area contributed by atoms with Crippen molar-refractivity contribution in [3.05, 3.63) is 24.6 Å². The molecule has 4 nitrogen and oxygen atoms in total. The van der Waals surface area contributed by atoms with Crippen LogP contribution in [0.3, 0.4) is 0 Å². The number of imidazole rings is 1. The molecule has 1 heterocycles. The molecule has 1 radical (unpaired) electrons. The van der Waals surface area contributed by atoms with E-state index in [1.807, 2.05) is 0 Å². The molecule has 1 aromatic heterocycles. The Kier molecular flexibility index (Phi) is 1.22. The summed E-state index contributed by atoms with van der Waals surface area (Å²) in [7, 11) is 0. The zero-order valence-corrected chi connectivity index (χ0v) is 4.81. The van der Waals surface area contributed by atoms with E-state index in [0.29, 0.717) is 11.5 Å². The molecule has 9 heavy (non-hydrogen) atoms. The number of hydrogen-bond acceptors (Lipinski definition) is 2. The fraction of sp³-hybridized carbons (Fsp3) is 0. The number of nitrogen functional groups attached to an aromatic ring is 1. The summed E-state index contributed by atoms with van der Waals surface area (Å²) in [5.74, 6) is 0.512. The maximum atomic E-state index is 6.93. The highest BCUT2D eigenvalue weighted by Crippen LogP contribution is 1.91. The second-order valence-electron chi connectivity index (χ2n) is 1.66. The molecular weight excluding hydrogens is 116 g/mol. The molecule has 0 spiro atoms. The van der Waals surface area contributed by atoms with Crippen LogP contribution in [0.15, 0.2) is 6.20 Å². The number of H-pyrrole nitrogens is 1. The number of nitrogens with zero attached hydrogens (tertiary/aromatic N) is 1. The van der Waals surface area contributed by atoms with Gasteiger partial charge >= 0.3 is 0 Å². The average molecular weight is 123 g/mol. The summed E-state index contributed by atoms with van der Waals surface area (Å²) >= 11 is 0. The lowest BCUT2D eigenvalue weighted by molar-refractivity contribution is 1.22. The van der Waals surface area contributed by atoms with Gasteiger partial charge in [0.05, 0.1) is 6.20 Å². The maximum Gasteiger partial charge on any atom is 0.141 e. The van der Waals surface area contributed by atoms with E-state index < -0.39 is 0 Å². The van der Waals surface area contributed by atoms with Crippen molar-refractivity contribution < 1.29 is 0 Å². The molecule has 0 amide bonds. The van der Waals surface area contributed by atoms with Crippen LogP contribution in [0.4, 0.5) is 0 Å². The van der Waals surface area contributed by atoms with E-state index >= 15 is 0 Å². The van der Waals surface area contributed by atoms with E-state index in [-0.39, 0.29) is 5.84 Å². The highest BCUT2D eigenvalue weighted by atomic mass is 14.9. The molecule has 0 atom stereocenters. The number of aromatic amines is 1. The predicted molar refractivity (Wildman–Crippen MR) is 34.1 cm³/mol. The second kappa shape index (κ2) is 1.89. The molecule has 0 aliphatic rings. The number of nitrogens with two attached hydrogens (primary N) is 1. The van der Waals surface area contributed by atoms with Crippen molar-refractivity contribution in [1.29, 1.82) is 5.41 Å². The van der Waals surface area contributed by atoms with Gasteiger partial charge in [-0.05, 0) is 0 Å². The minimum Gasteiger partial charge on any atom is -0.382 e. The van der Waals surface area contributed by atoms with Crippen LogP contribution in [-0.4, -0.2) is 15.8 Å². The lowest BCUT2D eigenvalue weighted by Gasteiger charge is -1.86. The first-order valence-corrected chi connectivity index (χ1v) is 2.41. The van der Waals surface area contributed by atoms with Gasteiger partial charge in [0.25, 0.3) is 0 Å². The smallest absolute Gasteiger partial charge is 0.141 e. The van der Waals surface area contributed by atoms with E-state index in [1.54, 1.807) is 0 Å². The summed E-state index contributed by atoms with van der Waals surface area (Å²) in [6, 6.07) is 0. The van der Waals surface area contributed by atoms with Gasteiger partial charge in [-0.25, -0.2) is 4.98 Å². The normalized spacial score (nSPS) is 9.44. The van der Waals surface area contributed by atoms with Crippen LogP contribution >= 0.6 is 0 Å². The molecular formula is C5H7N4. The standard InChI is InChI=1S/C5H7N4/c1-3-8-2-4(9-3)5(6)7/h2H,1H2,(H3,6,7)(H,8,9). The summed E-state index contributed by atoms with van der Waals surface area (Å²) < 4.78 is 0. The van der Waals surface area contributed by atoms with Gasteiger partial charge < -0.3 is 10.7 Å². The second-order valence-corrected chi connectivity index (χ2v) is 1.66. The first-order chi connectivity index (χ1) is 4.20. The first-order valence-electron chi connectivity index (χ1n) is 2.41. The Bertz CT molecular complexity index is 225. The molecule has 0 saturated carbocycles. The highest BCUT2D eigenvalue weighted by molar-refractivity contribution is 5.92. The van der Waals surface area contributed by atoms with E-state index in [9.17, 15) is 0 Å². The van der Waals surface area contributed by atoms with Crippen LogP contribution in [-0.2, 0) is 0 Å². The molecule has 0 fully saturated rings. The fourth-order valence-electron chi connectivity index (χ4n) is 0.499. The lowest BCUT2D eigenvalue weighted by Crippen LogP contribution is -2.11. The minimum atomic E-state index is -0.0163. The fourth-order valence-corrected chi connectivity index (χ4v) is 0.499. The van der Waals surface area contributed by atoms with Gasteiger partial charge in [0.2, 0.25) is 0 Å². The summed E-state index contributed by atoms with van der Waals surface area (Å²) in [5.41, 5.74) is 5.63. The molecule has 1 aromatic rings. The first kappa shape index (κ1) is 5.81. The van der Waals surface area contributed by atoms with Gasteiger partial charge in [0.15, 0.2) is 0 Å². The topological polar surface area (TPSA) is 78.6 Å². The maximum absolute atomic E-state index is 6.93. The summed E-state index contributed by atoms with van der Waals surface area (Å²) in [5, 5.41) is 6.93. The Hall–Kier alpha value is -1.32. The molecule has 0 aliphatic heterocycles. The quantitative estimate of drug-likeness (QED) is 0.359. The van der Waals surface area contributed by atoms with E-state index in [1.165, 1.54) is 6.20 Å². The van der Waals surface area contributed by atoms with Crippen molar-refractivity contribution >= 4 is 5.84 Å². The Morgan fingerprint density at radius 3 is 2.78 bits per heavy atom. The molecule has 4 heteroatoms. The van der Waals surface area contributed by atoms with Gasteiger partial charge in [-0.1, -0.05) is 0 Å². The van der Waals surface area contributed by atoms with Crippen LogP contribution in [0, 0.1) is 12.3 Å². The third kappa shape index (κ3) is 1.07. The van der Waals surface area contributed by atoms with Gasteiger partial charge in [-0.2, -0.15) is 0 Å². The number of nitrogens with one attached hydrogen (secondary N) is 2. The van der Waals surface area contributed by atoms with Crippen molar-refractivity contribution in [2.45, 2.75) is 0 Å². The average Bonchev–Trinajstić information content (AvgIpc) is 2.14. The molecule has 0 bridgehead atoms. The van der Waals surface area contributed by atoms with Crippen LogP contribution in [0.5, 0.6) is 0 Å². The van der Waals surface area contributed by atoms with Crippen LogP contribution in [0.2, 0.25) is 0 Å². The van der Waals surface area contributed by atoms with Crippen molar-refractivity contribution in [1.82, 2.24) is 9.97 Å². The Balaban J connectivity index is 2.98. The van der Waals surface area contributed by atoms with Crippen LogP contribution in [0.25, 0.3) is 0 Å². The lowest BCUT2D eigenvalue weighted by atomic mass is 10.5. The van der Waals surface area contributed by atoms with Crippen LogP contribution < -0.4 is 5.73 Å². The molecule has 47 valence electrons. The van der Waals surface area contributed by atoms with Crippen molar-refractivity contribution in [3.63, 3.8) is 0 Å². The van der Waals surface area contributed by atoms with Crippen LogP contribution in [0.1, 0.15) is 11.5 Å². The van der Waals surface area contributed by atoms with Gasteiger partial charge in [-0.15, -0.1) is 0 Å². The number of aromatic nitrogens is 2. The summed E-state index contributed by atoms with van der Waals surface area (Å²) in [6.45, 7) is 3.50. The van der Waals surface area contributed by atoms with Gasteiger partial charge in [0, 0.05) is 6.92 Å². The van der Waals surface area contributed by atoms with Crippen molar-refractivity contribution in [2.75, 3.05) is 0 Å². The molecule has 0 aromatic carbocycles. The van der Waals surface area contributed by atoms with Crippen molar-refractivity contribution in [3.8, 4) is 0 Å². The minimum absolute atomic E-state index is 0.0163. The van der Waals surface area contributed by atoms with Gasteiger partial charge in [-0.3, -0.25) is 5.41 Å². The third-order valence-corrected chi connectivity index (χ3v) is 0.919. The molecule has 0 saturated heterocycles.